The summed E-state index contributed by atoms with van der Waals surface area (Å²) in [5, 5.41) is 28.7. The number of carboxylic acids is 1. The number of nitriles is 1. The van der Waals surface area contributed by atoms with E-state index in [4.69, 9.17) is 10.4 Å². The quantitative estimate of drug-likeness (QED) is 0.684. The number of aromatic nitrogens is 1. The number of aryl methyl sites for hydroxylation is 1. The van der Waals surface area contributed by atoms with E-state index in [1.54, 1.807) is 25.1 Å². The molecule has 1 aromatic heterocycles. The summed E-state index contributed by atoms with van der Waals surface area (Å²) in [5.41, 5.74) is 1.71. The number of aromatic carboxylic acids is 1. The van der Waals surface area contributed by atoms with E-state index >= 15 is 0 Å². The van der Waals surface area contributed by atoms with E-state index in [9.17, 15) is 14.9 Å². The molecule has 2 rings (SSSR count). The number of carbonyl (C=O) groups is 1. The van der Waals surface area contributed by atoms with Gasteiger partial charge in [0.15, 0.2) is 0 Å². The minimum absolute atomic E-state index is 0.148. The molecule has 106 valence electrons. The van der Waals surface area contributed by atoms with Gasteiger partial charge in [0.25, 0.3) is 5.69 Å². The van der Waals surface area contributed by atoms with E-state index in [0.29, 0.717) is 5.56 Å². The highest BCUT2D eigenvalue weighted by molar-refractivity contribution is 5.87. The maximum absolute atomic E-state index is 11.1. The third-order valence-electron chi connectivity index (χ3n) is 3.12. The molecular weight excluding hydrogens is 274 g/mol. The van der Waals surface area contributed by atoms with Crippen molar-refractivity contribution in [3.8, 4) is 6.07 Å². The van der Waals surface area contributed by atoms with E-state index in [1.807, 2.05) is 6.07 Å². The van der Waals surface area contributed by atoms with Crippen LogP contribution in [0.15, 0.2) is 30.5 Å². The van der Waals surface area contributed by atoms with Gasteiger partial charge in [0.05, 0.1) is 22.8 Å². The maximum atomic E-state index is 11.1. The highest BCUT2D eigenvalue weighted by Crippen LogP contribution is 2.20. The van der Waals surface area contributed by atoms with Crippen LogP contribution < -0.4 is 0 Å². The molecule has 0 radical (unpaired) electrons. The Morgan fingerprint density at radius 2 is 2.19 bits per heavy atom. The molecule has 7 nitrogen and oxygen atoms in total. The second kappa shape index (κ2) is 5.46. The zero-order valence-corrected chi connectivity index (χ0v) is 11.1. The van der Waals surface area contributed by atoms with Gasteiger partial charge >= 0.3 is 5.97 Å². The zero-order chi connectivity index (χ0) is 15.6. The van der Waals surface area contributed by atoms with E-state index in [-0.39, 0.29) is 17.9 Å². The Kier molecular flexibility index (Phi) is 3.71. The average Bonchev–Trinajstić information content (AvgIpc) is 2.85. The van der Waals surface area contributed by atoms with Crippen LogP contribution in [0, 0.1) is 28.4 Å². The van der Waals surface area contributed by atoms with Gasteiger partial charge in [-0.2, -0.15) is 5.26 Å². The highest BCUT2D eigenvalue weighted by atomic mass is 16.6. The minimum atomic E-state index is -1.23. The number of rotatable bonds is 4. The summed E-state index contributed by atoms with van der Waals surface area (Å²) in [4.78, 5) is 21.3. The van der Waals surface area contributed by atoms with E-state index < -0.39 is 10.9 Å². The molecule has 1 heterocycles. The van der Waals surface area contributed by atoms with Crippen molar-refractivity contribution < 1.29 is 14.8 Å². The molecule has 0 atom stereocenters. The molecule has 0 bridgehead atoms. The lowest BCUT2D eigenvalue weighted by Crippen LogP contribution is -2.09. The third-order valence-corrected chi connectivity index (χ3v) is 3.12. The number of benzene rings is 1. The molecule has 1 N–H and O–H groups in total. The van der Waals surface area contributed by atoms with Crippen molar-refractivity contribution in [3.05, 3.63) is 63.0 Å². The molecule has 0 aliphatic carbocycles. The Morgan fingerprint density at radius 1 is 1.48 bits per heavy atom. The largest absolute Gasteiger partial charge is 0.477 e. The number of nitro groups is 1. The fraction of sp³-hybridized carbons (Fsp3) is 0.143. The summed E-state index contributed by atoms with van der Waals surface area (Å²) in [6.07, 6.45) is 1.20. The van der Waals surface area contributed by atoms with Gasteiger partial charge in [-0.3, -0.25) is 10.1 Å². The normalized spacial score (nSPS) is 10.1. The van der Waals surface area contributed by atoms with Gasteiger partial charge in [-0.25, -0.2) is 4.79 Å². The molecule has 0 saturated carbocycles. The number of hydrogen-bond donors (Lipinski definition) is 1. The molecule has 7 heteroatoms. The van der Waals surface area contributed by atoms with Crippen LogP contribution in [-0.2, 0) is 6.54 Å². The first-order valence-corrected chi connectivity index (χ1v) is 6.00. The fourth-order valence-electron chi connectivity index (χ4n) is 2.03. The van der Waals surface area contributed by atoms with Crippen LogP contribution in [0.4, 0.5) is 5.69 Å². The lowest BCUT2D eigenvalue weighted by molar-refractivity contribution is -0.384. The van der Waals surface area contributed by atoms with Crippen molar-refractivity contribution in [2.24, 2.45) is 0 Å². The van der Waals surface area contributed by atoms with Crippen LogP contribution >= 0.6 is 0 Å². The Balaban J connectivity index is 2.41. The summed E-state index contributed by atoms with van der Waals surface area (Å²) < 4.78 is 1.31. The molecule has 0 fully saturated rings. The average molecular weight is 285 g/mol. The van der Waals surface area contributed by atoms with Crippen molar-refractivity contribution >= 4 is 11.7 Å². The Labute approximate surface area is 119 Å². The molecule has 0 spiro atoms. The number of hydrogen-bond acceptors (Lipinski definition) is 4. The van der Waals surface area contributed by atoms with Crippen LogP contribution in [0.1, 0.15) is 27.2 Å². The van der Waals surface area contributed by atoms with Crippen LogP contribution in [0.3, 0.4) is 0 Å². The molecule has 2 aromatic rings. The molecule has 0 unspecified atom stereocenters. The van der Waals surface area contributed by atoms with Crippen molar-refractivity contribution in [1.82, 2.24) is 4.57 Å². The van der Waals surface area contributed by atoms with Crippen LogP contribution in [0.2, 0.25) is 0 Å². The number of carboxylic acid groups (broad SMARTS) is 1. The Bertz CT molecular complexity index is 771. The molecule has 21 heavy (non-hydrogen) atoms. The third kappa shape index (κ3) is 2.90. The standard InChI is InChI=1S/C14H11N3O4/c1-9-4-10(6-15)2-3-11(9)7-16-8-12(17(20)21)5-13(16)14(18)19/h2-5,8H,7H2,1H3,(H,18,19). The zero-order valence-electron chi connectivity index (χ0n) is 11.1. The predicted octanol–water partition coefficient (Wildman–Crippen LogP) is 2.32. The summed E-state index contributed by atoms with van der Waals surface area (Å²) >= 11 is 0. The SMILES string of the molecule is Cc1cc(C#N)ccc1Cn1cc([N+](=O)[O-])cc1C(=O)O. The van der Waals surface area contributed by atoms with Crippen molar-refractivity contribution in [2.45, 2.75) is 13.5 Å². The summed E-state index contributed by atoms with van der Waals surface area (Å²) in [7, 11) is 0. The van der Waals surface area contributed by atoms with Crippen molar-refractivity contribution in [3.63, 3.8) is 0 Å². The monoisotopic (exact) mass is 285 g/mol. The summed E-state index contributed by atoms with van der Waals surface area (Å²) in [6, 6.07) is 8.07. The lowest BCUT2D eigenvalue weighted by Gasteiger charge is -2.09. The minimum Gasteiger partial charge on any atom is -0.477 e. The topological polar surface area (TPSA) is 109 Å². The first-order chi connectivity index (χ1) is 9.92. The summed E-state index contributed by atoms with van der Waals surface area (Å²) in [5.74, 6) is -1.23. The molecule has 0 saturated heterocycles. The highest BCUT2D eigenvalue weighted by Gasteiger charge is 2.19. The van der Waals surface area contributed by atoms with Gasteiger partial charge in [0, 0.05) is 12.6 Å². The maximum Gasteiger partial charge on any atom is 0.352 e. The summed E-state index contributed by atoms with van der Waals surface area (Å²) in [6.45, 7) is 1.99. The van der Waals surface area contributed by atoms with Crippen LogP contribution in [0.5, 0.6) is 0 Å². The fourth-order valence-corrected chi connectivity index (χ4v) is 2.03. The molecule has 0 aliphatic heterocycles. The first kappa shape index (κ1) is 14.3. The van der Waals surface area contributed by atoms with Gasteiger partial charge in [0.2, 0.25) is 0 Å². The molecule has 1 aromatic carbocycles. The first-order valence-electron chi connectivity index (χ1n) is 6.00. The van der Waals surface area contributed by atoms with Gasteiger partial charge in [-0.1, -0.05) is 6.07 Å². The van der Waals surface area contributed by atoms with Gasteiger partial charge in [-0.15, -0.1) is 0 Å². The van der Waals surface area contributed by atoms with Gasteiger partial charge in [-0.05, 0) is 30.2 Å². The van der Waals surface area contributed by atoms with Crippen LogP contribution in [0.25, 0.3) is 0 Å². The van der Waals surface area contributed by atoms with Gasteiger partial charge < -0.3 is 9.67 Å². The van der Waals surface area contributed by atoms with Gasteiger partial charge in [0.1, 0.15) is 5.69 Å². The second-order valence-corrected chi connectivity index (χ2v) is 4.53. The predicted molar refractivity (Wildman–Crippen MR) is 73.0 cm³/mol. The lowest BCUT2D eigenvalue weighted by atomic mass is 10.1. The van der Waals surface area contributed by atoms with E-state index in [2.05, 4.69) is 0 Å². The number of nitrogens with zero attached hydrogens (tertiary/aromatic N) is 3. The second-order valence-electron chi connectivity index (χ2n) is 4.53. The van der Waals surface area contributed by atoms with Crippen molar-refractivity contribution in [1.29, 1.82) is 5.26 Å². The van der Waals surface area contributed by atoms with Crippen LogP contribution in [-0.4, -0.2) is 20.6 Å². The van der Waals surface area contributed by atoms with E-state index in [0.717, 1.165) is 17.2 Å². The smallest absolute Gasteiger partial charge is 0.352 e. The van der Waals surface area contributed by atoms with E-state index in [1.165, 1.54) is 10.8 Å². The Hall–Kier alpha value is -3.14. The molecular formula is C14H11N3O4. The molecule has 0 amide bonds. The Morgan fingerprint density at radius 3 is 2.71 bits per heavy atom. The van der Waals surface area contributed by atoms with Crippen molar-refractivity contribution in [2.75, 3.05) is 0 Å². The molecule has 0 aliphatic rings.